The third-order valence-electron chi connectivity index (χ3n) is 4.14. The summed E-state index contributed by atoms with van der Waals surface area (Å²) in [6.07, 6.45) is 1.23. The molecule has 0 radical (unpaired) electrons. The average Bonchev–Trinajstić information content (AvgIpc) is 2.34. The normalized spacial score (nSPS) is 21.2. The van der Waals surface area contributed by atoms with Crippen molar-refractivity contribution in [1.29, 1.82) is 0 Å². The van der Waals surface area contributed by atoms with Gasteiger partial charge in [0.1, 0.15) is 0 Å². The lowest BCUT2D eigenvalue weighted by molar-refractivity contribution is 0.148. The van der Waals surface area contributed by atoms with E-state index < -0.39 is 0 Å². The minimum atomic E-state index is 0.693. The van der Waals surface area contributed by atoms with E-state index >= 15 is 0 Å². The topological polar surface area (TPSA) is 15.3 Å². The Balaban J connectivity index is 2.17. The van der Waals surface area contributed by atoms with Crippen molar-refractivity contribution in [2.75, 3.05) is 19.6 Å². The SMILES string of the molecule is CCC1CNCCN1Cc1c(C)cc(C)cc1C. The van der Waals surface area contributed by atoms with Crippen molar-refractivity contribution in [2.24, 2.45) is 0 Å². The highest BCUT2D eigenvalue weighted by Gasteiger charge is 2.21. The fourth-order valence-corrected chi connectivity index (χ4v) is 3.08. The largest absolute Gasteiger partial charge is 0.314 e. The third kappa shape index (κ3) is 2.93. The first-order chi connectivity index (χ1) is 8.61. The average molecular weight is 246 g/mol. The fraction of sp³-hybridized carbons (Fsp3) is 0.625. The second kappa shape index (κ2) is 5.85. The van der Waals surface area contributed by atoms with Crippen molar-refractivity contribution >= 4 is 0 Å². The molecule has 0 spiro atoms. The van der Waals surface area contributed by atoms with E-state index in [9.17, 15) is 0 Å². The highest BCUT2D eigenvalue weighted by atomic mass is 15.2. The standard InChI is InChI=1S/C16H26N2/c1-5-15-10-17-6-7-18(15)11-16-13(3)8-12(2)9-14(16)4/h8-9,15,17H,5-7,10-11H2,1-4H3. The molecule has 0 saturated carbocycles. The van der Waals surface area contributed by atoms with E-state index in [0.29, 0.717) is 6.04 Å². The summed E-state index contributed by atoms with van der Waals surface area (Å²) in [5.74, 6) is 0. The Kier molecular flexibility index (Phi) is 4.41. The van der Waals surface area contributed by atoms with Gasteiger partial charge >= 0.3 is 0 Å². The monoisotopic (exact) mass is 246 g/mol. The highest BCUT2D eigenvalue weighted by Crippen LogP contribution is 2.20. The lowest BCUT2D eigenvalue weighted by Crippen LogP contribution is -2.50. The van der Waals surface area contributed by atoms with Gasteiger partial charge in [0.25, 0.3) is 0 Å². The molecule has 1 heterocycles. The van der Waals surface area contributed by atoms with E-state index in [1.807, 2.05) is 0 Å². The molecule has 0 bridgehead atoms. The minimum absolute atomic E-state index is 0.693. The molecule has 1 saturated heterocycles. The number of aryl methyl sites for hydroxylation is 3. The van der Waals surface area contributed by atoms with Gasteiger partial charge in [-0.3, -0.25) is 4.90 Å². The van der Waals surface area contributed by atoms with Gasteiger partial charge in [-0.15, -0.1) is 0 Å². The molecule has 0 amide bonds. The molecule has 18 heavy (non-hydrogen) atoms. The number of hydrogen-bond acceptors (Lipinski definition) is 2. The molecule has 100 valence electrons. The van der Waals surface area contributed by atoms with Gasteiger partial charge in [0, 0.05) is 32.2 Å². The summed E-state index contributed by atoms with van der Waals surface area (Å²) in [6.45, 7) is 13.5. The predicted molar refractivity (Wildman–Crippen MR) is 78.0 cm³/mol. The van der Waals surface area contributed by atoms with Crippen LogP contribution in [0.25, 0.3) is 0 Å². The first-order valence-electron chi connectivity index (χ1n) is 7.13. The first-order valence-corrected chi connectivity index (χ1v) is 7.13. The van der Waals surface area contributed by atoms with Crippen molar-refractivity contribution in [2.45, 2.75) is 46.7 Å². The van der Waals surface area contributed by atoms with Gasteiger partial charge in [-0.05, 0) is 43.9 Å². The number of hydrogen-bond donors (Lipinski definition) is 1. The van der Waals surface area contributed by atoms with Gasteiger partial charge in [-0.2, -0.15) is 0 Å². The van der Waals surface area contributed by atoms with E-state index in [0.717, 1.165) is 19.6 Å². The van der Waals surface area contributed by atoms with Crippen LogP contribution in [0.4, 0.5) is 0 Å². The Hall–Kier alpha value is -0.860. The van der Waals surface area contributed by atoms with Gasteiger partial charge < -0.3 is 5.32 Å². The molecule has 0 aliphatic carbocycles. The maximum Gasteiger partial charge on any atom is 0.0243 e. The van der Waals surface area contributed by atoms with Crippen LogP contribution in [0.3, 0.4) is 0 Å². The van der Waals surface area contributed by atoms with Gasteiger partial charge in [0.2, 0.25) is 0 Å². The number of benzene rings is 1. The van der Waals surface area contributed by atoms with E-state index in [-0.39, 0.29) is 0 Å². The van der Waals surface area contributed by atoms with E-state index in [1.54, 1.807) is 0 Å². The fourth-order valence-electron chi connectivity index (χ4n) is 3.08. The molecule has 1 aliphatic heterocycles. The van der Waals surface area contributed by atoms with Crippen molar-refractivity contribution in [3.05, 3.63) is 34.4 Å². The molecular formula is C16H26N2. The van der Waals surface area contributed by atoms with E-state index in [4.69, 9.17) is 0 Å². The zero-order valence-corrected chi connectivity index (χ0v) is 12.2. The van der Waals surface area contributed by atoms with Crippen LogP contribution in [-0.4, -0.2) is 30.6 Å². The molecule has 1 aromatic rings. The van der Waals surface area contributed by atoms with Crippen LogP contribution in [0.15, 0.2) is 12.1 Å². The predicted octanol–water partition coefficient (Wildman–Crippen LogP) is 2.80. The summed E-state index contributed by atoms with van der Waals surface area (Å²) in [6, 6.07) is 5.32. The Morgan fingerprint density at radius 3 is 2.50 bits per heavy atom. The molecule has 1 N–H and O–H groups in total. The summed E-state index contributed by atoms with van der Waals surface area (Å²) >= 11 is 0. The molecule has 1 aromatic carbocycles. The van der Waals surface area contributed by atoms with Crippen molar-refractivity contribution in [3.63, 3.8) is 0 Å². The van der Waals surface area contributed by atoms with Crippen LogP contribution >= 0.6 is 0 Å². The molecule has 1 atom stereocenters. The summed E-state index contributed by atoms with van der Waals surface area (Å²) < 4.78 is 0. The van der Waals surface area contributed by atoms with Crippen molar-refractivity contribution in [3.8, 4) is 0 Å². The summed E-state index contributed by atoms with van der Waals surface area (Å²) in [4.78, 5) is 2.64. The molecule has 2 heteroatoms. The molecule has 1 fully saturated rings. The van der Waals surface area contributed by atoms with Crippen molar-refractivity contribution in [1.82, 2.24) is 10.2 Å². The quantitative estimate of drug-likeness (QED) is 0.882. The smallest absolute Gasteiger partial charge is 0.0243 e. The zero-order valence-electron chi connectivity index (χ0n) is 12.2. The van der Waals surface area contributed by atoms with Gasteiger partial charge in [0.05, 0.1) is 0 Å². The molecular weight excluding hydrogens is 220 g/mol. The van der Waals surface area contributed by atoms with Gasteiger partial charge in [-0.1, -0.05) is 24.6 Å². The number of rotatable bonds is 3. The molecule has 0 aromatic heterocycles. The van der Waals surface area contributed by atoms with Crippen LogP contribution in [0, 0.1) is 20.8 Å². The van der Waals surface area contributed by atoms with Crippen LogP contribution < -0.4 is 5.32 Å². The van der Waals surface area contributed by atoms with Gasteiger partial charge in [-0.25, -0.2) is 0 Å². The number of nitrogens with zero attached hydrogens (tertiary/aromatic N) is 1. The molecule has 2 nitrogen and oxygen atoms in total. The van der Waals surface area contributed by atoms with Crippen molar-refractivity contribution < 1.29 is 0 Å². The van der Waals surface area contributed by atoms with Crippen LogP contribution in [0.1, 0.15) is 35.6 Å². The highest BCUT2D eigenvalue weighted by molar-refractivity contribution is 5.37. The Bertz CT molecular complexity index is 389. The summed E-state index contributed by atoms with van der Waals surface area (Å²) in [5, 5.41) is 3.50. The lowest BCUT2D eigenvalue weighted by atomic mass is 9.98. The number of piperazine rings is 1. The number of nitrogens with one attached hydrogen (secondary N) is 1. The van der Waals surface area contributed by atoms with Gasteiger partial charge in [0.15, 0.2) is 0 Å². The minimum Gasteiger partial charge on any atom is -0.314 e. The Morgan fingerprint density at radius 2 is 1.89 bits per heavy atom. The lowest BCUT2D eigenvalue weighted by Gasteiger charge is -2.36. The van der Waals surface area contributed by atoms with Crippen LogP contribution in [0.5, 0.6) is 0 Å². The van der Waals surface area contributed by atoms with E-state index in [1.165, 1.54) is 35.2 Å². The van der Waals surface area contributed by atoms with Crippen LogP contribution in [-0.2, 0) is 6.54 Å². The maximum absolute atomic E-state index is 3.50. The Labute approximate surface area is 111 Å². The third-order valence-corrected chi connectivity index (χ3v) is 4.14. The molecule has 1 aliphatic rings. The first kappa shape index (κ1) is 13.6. The second-order valence-electron chi connectivity index (χ2n) is 5.61. The molecule has 1 unspecified atom stereocenters. The zero-order chi connectivity index (χ0) is 13.1. The summed E-state index contributed by atoms with van der Waals surface area (Å²) in [7, 11) is 0. The Morgan fingerprint density at radius 1 is 1.22 bits per heavy atom. The second-order valence-corrected chi connectivity index (χ2v) is 5.61. The maximum atomic E-state index is 3.50. The summed E-state index contributed by atoms with van der Waals surface area (Å²) in [5.41, 5.74) is 5.80. The van der Waals surface area contributed by atoms with E-state index in [2.05, 4.69) is 50.0 Å². The molecule has 2 rings (SSSR count). The van der Waals surface area contributed by atoms with Crippen LogP contribution in [0.2, 0.25) is 0 Å².